The normalized spacial score (nSPS) is 14.9. The van der Waals surface area contributed by atoms with Gasteiger partial charge in [0.05, 0.1) is 4.88 Å². The summed E-state index contributed by atoms with van der Waals surface area (Å²) in [6.07, 6.45) is 3.31. The van der Waals surface area contributed by atoms with Gasteiger partial charge in [-0.25, -0.2) is 4.98 Å². The summed E-state index contributed by atoms with van der Waals surface area (Å²) in [4.78, 5) is 20.0. The van der Waals surface area contributed by atoms with E-state index in [1.54, 1.807) is 17.5 Å². The van der Waals surface area contributed by atoms with Crippen molar-refractivity contribution in [2.24, 2.45) is 5.92 Å². The molecule has 1 amide bonds. The molecule has 3 aromatic rings. The Bertz CT molecular complexity index is 902. The molecule has 0 bridgehead atoms. The van der Waals surface area contributed by atoms with Gasteiger partial charge < -0.3 is 10.2 Å². The van der Waals surface area contributed by atoms with E-state index in [2.05, 4.69) is 25.4 Å². The lowest BCUT2D eigenvalue weighted by Gasteiger charge is -2.31. The van der Waals surface area contributed by atoms with Gasteiger partial charge in [0.15, 0.2) is 5.82 Å². The van der Waals surface area contributed by atoms with Gasteiger partial charge in [0.25, 0.3) is 0 Å². The van der Waals surface area contributed by atoms with E-state index >= 15 is 0 Å². The summed E-state index contributed by atoms with van der Waals surface area (Å²) in [5.74, 6) is 1.54. The Morgan fingerprint density at radius 3 is 2.70 bits per heavy atom. The van der Waals surface area contributed by atoms with Crippen LogP contribution >= 0.6 is 11.3 Å². The number of hydrogen-bond donors (Lipinski definition) is 1. The Labute approximate surface area is 162 Å². The molecule has 4 heterocycles. The van der Waals surface area contributed by atoms with Gasteiger partial charge in [-0.15, -0.1) is 21.5 Å². The standard InChI is InChI=1S/C20H21N5OS/c1-14-6-9-21-18(13-14)22-20(26)15-7-10-25(11-8-15)19-5-4-16(23-24-19)17-3-2-12-27-17/h2-6,9,12-13,15H,7-8,10-11H2,1H3,(H,21,22,26). The molecule has 3 aromatic heterocycles. The molecule has 0 aromatic carbocycles. The van der Waals surface area contributed by atoms with E-state index in [1.807, 2.05) is 48.7 Å². The molecule has 1 saturated heterocycles. The molecular weight excluding hydrogens is 358 g/mol. The third-order valence-corrected chi connectivity index (χ3v) is 5.67. The second-order valence-corrected chi connectivity index (χ2v) is 7.67. The maximum absolute atomic E-state index is 12.5. The Balaban J connectivity index is 1.34. The van der Waals surface area contributed by atoms with Crippen molar-refractivity contribution < 1.29 is 4.79 Å². The number of hydrogen-bond acceptors (Lipinski definition) is 6. The van der Waals surface area contributed by atoms with Crippen LogP contribution in [0.1, 0.15) is 18.4 Å². The van der Waals surface area contributed by atoms with Gasteiger partial charge in [0, 0.05) is 25.2 Å². The SMILES string of the molecule is Cc1ccnc(NC(=O)C2CCN(c3ccc(-c4cccs4)nn3)CC2)c1. The highest BCUT2D eigenvalue weighted by Crippen LogP contribution is 2.26. The maximum Gasteiger partial charge on any atom is 0.228 e. The number of aromatic nitrogens is 3. The van der Waals surface area contributed by atoms with E-state index in [1.165, 1.54) is 0 Å². The van der Waals surface area contributed by atoms with Crippen molar-refractivity contribution in [3.05, 3.63) is 53.5 Å². The molecule has 0 saturated carbocycles. The number of thiophene rings is 1. The molecule has 0 atom stereocenters. The van der Waals surface area contributed by atoms with Gasteiger partial charge in [-0.1, -0.05) is 6.07 Å². The van der Waals surface area contributed by atoms with Crippen LogP contribution in [0.4, 0.5) is 11.6 Å². The topological polar surface area (TPSA) is 71.0 Å². The molecule has 0 radical (unpaired) electrons. The lowest BCUT2D eigenvalue weighted by atomic mass is 9.96. The number of nitrogens with zero attached hydrogens (tertiary/aromatic N) is 4. The summed E-state index contributed by atoms with van der Waals surface area (Å²) in [6, 6.07) is 11.9. The number of rotatable bonds is 4. The average molecular weight is 379 g/mol. The average Bonchev–Trinajstić information content (AvgIpc) is 3.23. The molecule has 0 spiro atoms. The predicted molar refractivity (Wildman–Crippen MR) is 108 cm³/mol. The molecule has 1 aliphatic rings. The lowest BCUT2D eigenvalue weighted by Crippen LogP contribution is -2.38. The first-order valence-corrected chi connectivity index (χ1v) is 9.93. The highest BCUT2D eigenvalue weighted by Gasteiger charge is 2.26. The summed E-state index contributed by atoms with van der Waals surface area (Å²) in [6.45, 7) is 3.58. The smallest absolute Gasteiger partial charge is 0.228 e. The summed E-state index contributed by atoms with van der Waals surface area (Å²) >= 11 is 1.66. The van der Waals surface area contributed by atoms with Crippen LogP contribution in [0.15, 0.2) is 48.0 Å². The summed E-state index contributed by atoms with van der Waals surface area (Å²) < 4.78 is 0. The zero-order valence-corrected chi connectivity index (χ0v) is 15.9. The predicted octanol–water partition coefficient (Wildman–Crippen LogP) is 3.76. The minimum atomic E-state index is 0.00177. The molecule has 4 rings (SSSR count). The highest BCUT2D eigenvalue weighted by atomic mass is 32.1. The first kappa shape index (κ1) is 17.6. The van der Waals surface area contributed by atoms with Crippen molar-refractivity contribution in [2.75, 3.05) is 23.3 Å². The second-order valence-electron chi connectivity index (χ2n) is 6.72. The number of pyridine rings is 1. The molecule has 1 aliphatic heterocycles. The summed E-state index contributed by atoms with van der Waals surface area (Å²) in [5.41, 5.74) is 1.98. The Morgan fingerprint density at radius 2 is 2.04 bits per heavy atom. The van der Waals surface area contributed by atoms with Crippen LogP contribution in [0.25, 0.3) is 10.6 Å². The van der Waals surface area contributed by atoms with Crippen LogP contribution in [0.2, 0.25) is 0 Å². The number of nitrogens with one attached hydrogen (secondary N) is 1. The minimum Gasteiger partial charge on any atom is -0.355 e. The largest absolute Gasteiger partial charge is 0.355 e. The Kier molecular flexibility index (Phi) is 5.11. The molecule has 1 fully saturated rings. The van der Waals surface area contributed by atoms with Gasteiger partial charge in [-0.2, -0.15) is 0 Å². The van der Waals surface area contributed by atoms with Crippen molar-refractivity contribution in [3.63, 3.8) is 0 Å². The van der Waals surface area contributed by atoms with Crippen LogP contribution in [0, 0.1) is 12.8 Å². The molecule has 27 heavy (non-hydrogen) atoms. The fraction of sp³-hybridized carbons (Fsp3) is 0.300. The third-order valence-electron chi connectivity index (χ3n) is 4.78. The number of carbonyl (C=O) groups excluding carboxylic acids is 1. The van der Waals surface area contributed by atoms with Crippen molar-refractivity contribution in [1.29, 1.82) is 0 Å². The number of carbonyl (C=O) groups is 1. The fourth-order valence-electron chi connectivity index (χ4n) is 3.25. The molecular formula is C20H21N5OS. The van der Waals surface area contributed by atoms with E-state index in [4.69, 9.17) is 0 Å². The lowest BCUT2D eigenvalue weighted by molar-refractivity contribution is -0.120. The van der Waals surface area contributed by atoms with Crippen molar-refractivity contribution in [2.45, 2.75) is 19.8 Å². The molecule has 1 N–H and O–H groups in total. The second kappa shape index (κ2) is 7.84. The molecule has 7 heteroatoms. The van der Waals surface area contributed by atoms with Gasteiger partial charge >= 0.3 is 0 Å². The van der Waals surface area contributed by atoms with Crippen molar-refractivity contribution in [1.82, 2.24) is 15.2 Å². The number of aryl methyl sites for hydroxylation is 1. The Morgan fingerprint density at radius 1 is 1.19 bits per heavy atom. The summed E-state index contributed by atoms with van der Waals surface area (Å²) in [7, 11) is 0. The van der Waals surface area contributed by atoms with E-state index in [0.29, 0.717) is 5.82 Å². The van der Waals surface area contributed by atoms with E-state index in [9.17, 15) is 4.79 Å². The zero-order chi connectivity index (χ0) is 18.6. The number of piperidine rings is 1. The van der Waals surface area contributed by atoms with E-state index in [0.717, 1.165) is 47.9 Å². The Hall–Kier alpha value is -2.80. The van der Waals surface area contributed by atoms with Crippen LogP contribution in [-0.2, 0) is 4.79 Å². The molecule has 138 valence electrons. The fourth-order valence-corrected chi connectivity index (χ4v) is 3.94. The van der Waals surface area contributed by atoms with Crippen LogP contribution in [-0.4, -0.2) is 34.2 Å². The van der Waals surface area contributed by atoms with Gasteiger partial charge in [0.1, 0.15) is 11.5 Å². The van der Waals surface area contributed by atoms with E-state index < -0.39 is 0 Å². The minimum absolute atomic E-state index is 0.00177. The van der Waals surface area contributed by atoms with Gasteiger partial charge in [-0.3, -0.25) is 4.79 Å². The zero-order valence-electron chi connectivity index (χ0n) is 15.1. The van der Waals surface area contributed by atoms with E-state index in [-0.39, 0.29) is 11.8 Å². The molecule has 0 unspecified atom stereocenters. The molecule has 0 aliphatic carbocycles. The maximum atomic E-state index is 12.5. The first-order valence-electron chi connectivity index (χ1n) is 9.05. The molecule has 6 nitrogen and oxygen atoms in total. The monoisotopic (exact) mass is 379 g/mol. The van der Waals surface area contributed by atoms with Gasteiger partial charge in [-0.05, 0) is 61.0 Å². The summed E-state index contributed by atoms with van der Waals surface area (Å²) in [5, 5.41) is 13.7. The van der Waals surface area contributed by atoms with Crippen LogP contribution < -0.4 is 10.2 Å². The van der Waals surface area contributed by atoms with Crippen molar-refractivity contribution >= 4 is 28.9 Å². The van der Waals surface area contributed by atoms with Crippen molar-refractivity contribution in [3.8, 4) is 10.6 Å². The first-order chi connectivity index (χ1) is 13.2. The van der Waals surface area contributed by atoms with Crippen LogP contribution in [0.5, 0.6) is 0 Å². The third kappa shape index (κ3) is 4.14. The van der Waals surface area contributed by atoms with Gasteiger partial charge in [0.2, 0.25) is 5.91 Å². The number of anilines is 2. The van der Waals surface area contributed by atoms with Crippen LogP contribution in [0.3, 0.4) is 0 Å². The quantitative estimate of drug-likeness (QED) is 0.747. The highest BCUT2D eigenvalue weighted by molar-refractivity contribution is 7.13. The number of amides is 1.